The quantitative estimate of drug-likeness (QED) is 0.364. The zero-order valence-electron chi connectivity index (χ0n) is 19.4. The molecule has 0 saturated carbocycles. The number of ether oxygens (including phenoxy) is 1. The Kier molecular flexibility index (Phi) is 8.86. The van der Waals surface area contributed by atoms with Crippen molar-refractivity contribution in [1.82, 2.24) is 9.88 Å². The highest BCUT2D eigenvalue weighted by molar-refractivity contribution is 5.85. The van der Waals surface area contributed by atoms with Gasteiger partial charge in [0.2, 0.25) is 0 Å². The molecule has 4 nitrogen and oxygen atoms in total. The summed E-state index contributed by atoms with van der Waals surface area (Å²) < 4.78 is 17.3. The minimum Gasteiger partial charge on any atom is -0.469 e. The van der Waals surface area contributed by atoms with Crippen molar-refractivity contribution in [2.45, 2.75) is 51.4 Å². The van der Waals surface area contributed by atoms with Gasteiger partial charge in [0.05, 0.1) is 13.4 Å². The standard InChI is InChI=1S/C27H35FN2O2/c1-20(2)27-26(23-11-4-5-12-24(23)29-27)22-10-8-18-30(19-22)17-7-6-9-21(15-16-28)13-14-25(31)32-3/h4-7,9,11-12,15-16,20,22,29H,8,10,13-14,17-19H2,1-3H3/b7-6+,16-15+,21-9-. The van der Waals surface area contributed by atoms with Crippen LogP contribution >= 0.6 is 0 Å². The van der Waals surface area contributed by atoms with E-state index in [-0.39, 0.29) is 12.4 Å². The van der Waals surface area contributed by atoms with Crippen LogP contribution in [-0.4, -0.2) is 42.6 Å². The molecular formula is C27H35FN2O2. The number of methoxy groups -OCH3 is 1. The average molecular weight is 439 g/mol. The Morgan fingerprint density at radius 3 is 2.88 bits per heavy atom. The minimum atomic E-state index is -0.287. The van der Waals surface area contributed by atoms with E-state index in [9.17, 15) is 9.18 Å². The summed E-state index contributed by atoms with van der Waals surface area (Å²) in [7, 11) is 1.36. The third-order valence-electron chi connectivity index (χ3n) is 6.20. The highest BCUT2D eigenvalue weighted by Crippen LogP contribution is 2.37. The molecule has 1 aromatic carbocycles. The van der Waals surface area contributed by atoms with Gasteiger partial charge in [-0.1, -0.05) is 50.3 Å². The number of piperidine rings is 1. The van der Waals surface area contributed by atoms with Gasteiger partial charge in [-0.3, -0.25) is 9.69 Å². The molecule has 3 rings (SSSR count). The van der Waals surface area contributed by atoms with Crippen LogP contribution in [0.25, 0.3) is 10.9 Å². The van der Waals surface area contributed by atoms with Crippen molar-refractivity contribution in [3.8, 4) is 0 Å². The topological polar surface area (TPSA) is 45.3 Å². The van der Waals surface area contributed by atoms with Gasteiger partial charge in [0, 0.05) is 36.1 Å². The Hall–Kier alpha value is -2.66. The lowest BCUT2D eigenvalue weighted by Gasteiger charge is -2.33. The van der Waals surface area contributed by atoms with Crippen molar-refractivity contribution in [3.63, 3.8) is 0 Å². The zero-order chi connectivity index (χ0) is 22.9. The number of nitrogens with zero attached hydrogens (tertiary/aromatic N) is 1. The molecule has 1 aromatic heterocycles. The monoisotopic (exact) mass is 438 g/mol. The van der Waals surface area contributed by atoms with Crippen LogP contribution in [-0.2, 0) is 9.53 Å². The number of allylic oxidation sites excluding steroid dienone is 4. The first-order valence-electron chi connectivity index (χ1n) is 11.6. The van der Waals surface area contributed by atoms with E-state index in [1.165, 1.54) is 48.2 Å². The lowest BCUT2D eigenvalue weighted by atomic mass is 9.86. The number of likely N-dealkylation sites (tertiary alicyclic amines) is 1. The van der Waals surface area contributed by atoms with E-state index >= 15 is 0 Å². The number of benzene rings is 1. The van der Waals surface area contributed by atoms with E-state index in [0.29, 0.717) is 24.6 Å². The van der Waals surface area contributed by atoms with Crippen LogP contribution in [0.15, 0.2) is 60.5 Å². The number of rotatable bonds is 9. The highest BCUT2D eigenvalue weighted by atomic mass is 19.1. The summed E-state index contributed by atoms with van der Waals surface area (Å²) >= 11 is 0. The van der Waals surface area contributed by atoms with Crippen molar-refractivity contribution in [2.75, 3.05) is 26.7 Å². The summed E-state index contributed by atoms with van der Waals surface area (Å²) in [4.78, 5) is 17.5. The molecule has 0 spiro atoms. The van der Waals surface area contributed by atoms with Gasteiger partial charge in [0.1, 0.15) is 0 Å². The second kappa shape index (κ2) is 11.8. The number of H-pyrrole nitrogens is 1. The molecule has 1 atom stereocenters. The Balaban J connectivity index is 1.66. The fourth-order valence-electron chi connectivity index (χ4n) is 4.59. The predicted octanol–water partition coefficient (Wildman–Crippen LogP) is 6.39. The van der Waals surface area contributed by atoms with E-state index in [4.69, 9.17) is 0 Å². The number of hydrogen-bond donors (Lipinski definition) is 1. The minimum absolute atomic E-state index is 0.247. The molecule has 1 N–H and O–H groups in total. The molecule has 2 heterocycles. The van der Waals surface area contributed by atoms with Gasteiger partial charge in [0.25, 0.3) is 0 Å². The lowest BCUT2D eigenvalue weighted by Crippen LogP contribution is -2.34. The van der Waals surface area contributed by atoms with Gasteiger partial charge < -0.3 is 9.72 Å². The third kappa shape index (κ3) is 6.19. The molecule has 0 bridgehead atoms. The number of fused-ring (bicyclic) bond motifs is 1. The fourth-order valence-corrected chi connectivity index (χ4v) is 4.59. The van der Waals surface area contributed by atoms with Crippen molar-refractivity contribution >= 4 is 16.9 Å². The summed E-state index contributed by atoms with van der Waals surface area (Å²) in [6.07, 6.45) is 11.0. The van der Waals surface area contributed by atoms with Crippen LogP contribution in [0.2, 0.25) is 0 Å². The van der Waals surface area contributed by atoms with Crippen molar-refractivity contribution < 1.29 is 13.9 Å². The molecule has 1 fully saturated rings. The Morgan fingerprint density at radius 2 is 2.12 bits per heavy atom. The smallest absolute Gasteiger partial charge is 0.305 e. The third-order valence-corrected chi connectivity index (χ3v) is 6.20. The second-order valence-corrected chi connectivity index (χ2v) is 8.79. The molecule has 172 valence electrons. The summed E-state index contributed by atoms with van der Waals surface area (Å²) in [6.45, 7) is 7.50. The van der Waals surface area contributed by atoms with E-state index in [1.807, 2.05) is 12.2 Å². The van der Waals surface area contributed by atoms with Crippen LogP contribution in [0, 0.1) is 0 Å². The largest absolute Gasteiger partial charge is 0.469 e. The van der Waals surface area contributed by atoms with E-state index in [1.54, 1.807) is 0 Å². The molecule has 2 aromatic rings. The number of carbonyl (C=O) groups excluding carboxylic acids is 1. The molecule has 32 heavy (non-hydrogen) atoms. The lowest BCUT2D eigenvalue weighted by molar-refractivity contribution is -0.140. The molecule has 1 saturated heterocycles. The van der Waals surface area contributed by atoms with Crippen LogP contribution in [0.1, 0.15) is 62.6 Å². The van der Waals surface area contributed by atoms with E-state index in [0.717, 1.165) is 25.2 Å². The predicted molar refractivity (Wildman–Crippen MR) is 130 cm³/mol. The molecule has 0 aliphatic carbocycles. The van der Waals surface area contributed by atoms with Crippen molar-refractivity contribution in [3.05, 3.63) is 71.7 Å². The van der Waals surface area contributed by atoms with E-state index < -0.39 is 0 Å². The molecule has 0 amide bonds. The number of para-hydroxylation sites is 1. The van der Waals surface area contributed by atoms with Crippen LogP contribution < -0.4 is 0 Å². The normalized spacial score (nSPS) is 18.4. The first kappa shape index (κ1) is 24.0. The molecular weight excluding hydrogens is 403 g/mol. The van der Waals surface area contributed by atoms with Gasteiger partial charge in [0.15, 0.2) is 0 Å². The first-order valence-corrected chi connectivity index (χ1v) is 11.6. The number of hydrogen-bond acceptors (Lipinski definition) is 3. The van der Waals surface area contributed by atoms with Gasteiger partial charge in [-0.05, 0) is 60.9 Å². The number of esters is 1. The van der Waals surface area contributed by atoms with Crippen molar-refractivity contribution in [2.24, 2.45) is 0 Å². The van der Waals surface area contributed by atoms with Gasteiger partial charge in [-0.25, -0.2) is 4.39 Å². The van der Waals surface area contributed by atoms with Crippen LogP contribution in [0.3, 0.4) is 0 Å². The van der Waals surface area contributed by atoms with Gasteiger partial charge in [-0.2, -0.15) is 0 Å². The Labute approximate surface area is 190 Å². The summed E-state index contributed by atoms with van der Waals surface area (Å²) in [5.74, 6) is 0.695. The van der Waals surface area contributed by atoms with Crippen LogP contribution in [0.5, 0.6) is 0 Å². The van der Waals surface area contributed by atoms with Gasteiger partial charge in [-0.15, -0.1) is 0 Å². The average Bonchev–Trinajstić information content (AvgIpc) is 3.20. The zero-order valence-corrected chi connectivity index (χ0v) is 19.4. The maximum absolute atomic E-state index is 12.7. The Bertz CT molecular complexity index is 987. The molecule has 0 radical (unpaired) electrons. The maximum Gasteiger partial charge on any atom is 0.305 e. The highest BCUT2D eigenvalue weighted by Gasteiger charge is 2.26. The maximum atomic E-state index is 12.7. The SMILES string of the molecule is COC(=O)CCC(=C/C=C/CN1CCCC(c2c(C(C)C)[nH]c3ccccc23)C1)/C=C/F. The number of nitrogens with one attached hydrogen (secondary N) is 1. The number of halogens is 1. The summed E-state index contributed by atoms with van der Waals surface area (Å²) in [5.41, 5.74) is 4.85. The Morgan fingerprint density at radius 1 is 1.31 bits per heavy atom. The molecule has 1 unspecified atom stereocenters. The second-order valence-electron chi connectivity index (χ2n) is 8.79. The number of aromatic amines is 1. The van der Waals surface area contributed by atoms with Gasteiger partial charge >= 0.3 is 5.97 Å². The molecule has 5 heteroatoms. The fraction of sp³-hybridized carbons (Fsp3) is 0.444. The number of carbonyl (C=O) groups is 1. The number of aromatic nitrogens is 1. The molecule has 1 aliphatic rings. The summed E-state index contributed by atoms with van der Waals surface area (Å²) in [5, 5.41) is 1.36. The van der Waals surface area contributed by atoms with Crippen molar-refractivity contribution in [1.29, 1.82) is 0 Å². The molecule has 1 aliphatic heterocycles. The van der Waals surface area contributed by atoms with E-state index in [2.05, 4.69) is 58.8 Å². The first-order chi connectivity index (χ1) is 15.5. The summed E-state index contributed by atoms with van der Waals surface area (Å²) in [6, 6.07) is 8.63. The van der Waals surface area contributed by atoms with Crippen LogP contribution in [0.4, 0.5) is 4.39 Å².